The maximum Gasteiger partial charge on any atom is 0.261 e. The van der Waals surface area contributed by atoms with Gasteiger partial charge in [0.2, 0.25) is 5.91 Å². The monoisotopic (exact) mass is 466 g/mol. The molecule has 31 heavy (non-hydrogen) atoms. The molecule has 2 aromatic carbocycles. The summed E-state index contributed by atoms with van der Waals surface area (Å²) >= 11 is 12.6. The number of amides is 2. The van der Waals surface area contributed by atoms with E-state index in [4.69, 9.17) is 27.9 Å². The smallest absolute Gasteiger partial charge is 0.261 e. The van der Waals surface area contributed by atoms with Gasteiger partial charge < -0.3 is 15.0 Å². The number of benzene rings is 2. The topological polar surface area (TPSA) is 58.6 Å². The molecular weight excluding hydrogens is 442 g/mol. The molecule has 1 atom stereocenters. The fraction of sp³-hybridized carbons (Fsp3) is 0.391. The highest BCUT2D eigenvalue weighted by Gasteiger charge is 2.29. The fourth-order valence-electron chi connectivity index (χ4n) is 3.61. The summed E-state index contributed by atoms with van der Waals surface area (Å²) in [5, 5.41) is 3.80. The second-order valence-corrected chi connectivity index (χ2v) is 8.42. The largest absolute Gasteiger partial charge is 0.481 e. The minimum absolute atomic E-state index is 0.0250. The van der Waals surface area contributed by atoms with E-state index in [9.17, 15) is 14.0 Å². The van der Waals surface area contributed by atoms with Crippen LogP contribution >= 0.6 is 23.2 Å². The number of carbonyl (C=O) groups excluding carboxylic acids is 2. The number of hydrogen-bond acceptors (Lipinski definition) is 3. The lowest BCUT2D eigenvalue weighted by Gasteiger charge is -2.30. The molecule has 1 aliphatic rings. The van der Waals surface area contributed by atoms with Crippen LogP contribution in [0.1, 0.15) is 38.2 Å². The van der Waals surface area contributed by atoms with Crippen LogP contribution in [0.4, 0.5) is 4.39 Å². The molecule has 1 unspecified atom stereocenters. The minimum Gasteiger partial charge on any atom is -0.481 e. The lowest BCUT2D eigenvalue weighted by Crippen LogP contribution is -2.50. The van der Waals surface area contributed by atoms with E-state index >= 15 is 0 Å². The van der Waals surface area contributed by atoms with Crippen molar-refractivity contribution in [3.05, 3.63) is 63.9 Å². The third-order valence-electron chi connectivity index (χ3n) is 5.45. The predicted octanol–water partition coefficient (Wildman–Crippen LogP) is 4.99. The van der Waals surface area contributed by atoms with Crippen LogP contribution in [-0.4, -0.2) is 35.4 Å². The first-order valence-corrected chi connectivity index (χ1v) is 11.0. The van der Waals surface area contributed by atoms with E-state index in [2.05, 4.69) is 5.32 Å². The lowest BCUT2D eigenvalue weighted by molar-refractivity contribution is -0.142. The quantitative estimate of drug-likeness (QED) is 0.596. The second kappa shape index (κ2) is 10.8. The predicted molar refractivity (Wildman–Crippen MR) is 119 cm³/mol. The molecule has 0 aliphatic heterocycles. The van der Waals surface area contributed by atoms with Gasteiger partial charge in [-0.3, -0.25) is 9.59 Å². The first-order valence-electron chi connectivity index (χ1n) is 10.3. The molecular formula is C23H25Cl2FN2O3. The average Bonchev–Trinajstić information content (AvgIpc) is 3.25. The van der Waals surface area contributed by atoms with Gasteiger partial charge in [-0.15, -0.1) is 0 Å². The van der Waals surface area contributed by atoms with Crippen molar-refractivity contribution in [3.63, 3.8) is 0 Å². The van der Waals surface area contributed by atoms with Gasteiger partial charge in [0.25, 0.3) is 5.91 Å². The van der Waals surface area contributed by atoms with Gasteiger partial charge in [-0.05, 0) is 44.0 Å². The number of nitrogens with zero attached hydrogens (tertiary/aromatic N) is 1. The standard InChI is InChI=1S/C23H25Cl2FN2O3/c1-15(23(30)27-16-7-2-3-8-16)28(13-17-18(24)9-6-10-19(17)25)22(29)14-31-21-12-5-4-11-20(21)26/h4-6,9-12,15-16H,2-3,7-8,13-14H2,1H3,(H,27,30). The van der Waals surface area contributed by atoms with Crippen molar-refractivity contribution in [1.29, 1.82) is 0 Å². The maximum absolute atomic E-state index is 13.9. The van der Waals surface area contributed by atoms with Gasteiger partial charge in [0, 0.05) is 28.2 Å². The first kappa shape index (κ1) is 23.4. The summed E-state index contributed by atoms with van der Waals surface area (Å²) in [6.07, 6.45) is 4.01. The summed E-state index contributed by atoms with van der Waals surface area (Å²) in [5.41, 5.74) is 0.533. The van der Waals surface area contributed by atoms with E-state index < -0.39 is 24.4 Å². The van der Waals surface area contributed by atoms with E-state index in [-0.39, 0.29) is 24.2 Å². The molecule has 0 spiro atoms. The molecule has 2 aromatic rings. The number of para-hydroxylation sites is 1. The van der Waals surface area contributed by atoms with Crippen molar-refractivity contribution in [3.8, 4) is 5.75 Å². The van der Waals surface area contributed by atoms with Gasteiger partial charge in [-0.25, -0.2) is 4.39 Å². The van der Waals surface area contributed by atoms with Gasteiger partial charge >= 0.3 is 0 Å². The molecule has 0 saturated heterocycles. The maximum atomic E-state index is 13.9. The Balaban J connectivity index is 1.77. The van der Waals surface area contributed by atoms with Gasteiger partial charge in [-0.1, -0.05) is 54.2 Å². The average molecular weight is 467 g/mol. The Labute approximate surface area is 191 Å². The SMILES string of the molecule is CC(C(=O)NC1CCCC1)N(Cc1c(Cl)cccc1Cl)C(=O)COc1ccccc1F. The summed E-state index contributed by atoms with van der Waals surface area (Å²) in [6, 6.07) is 10.2. The zero-order valence-electron chi connectivity index (χ0n) is 17.2. The molecule has 1 N–H and O–H groups in total. The van der Waals surface area contributed by atoms with Gasteiger partial charge in [-0.2, -0.15) is 0 Å². The number of ether oxygens (including phenoxy) is 1. The number of rotatable bonds is 8. The number of hydrogen-bond donors (Lipinski definition) is 1. The van der Waals surface area contributed by atoms with Crippen LogP contribution in [0.25, 0.3) is 0 Å². The van der Waals surface area contributed by atoms with Crippen molar-refractivity contribution in [2.75, 3.05) is 6.61 Å². The van der Waals surface area contributed by atoms with E-state index in [0.717, 1.165) is 25.7 Å². The molecule has 1 saturated carbocycles. The molecule has 0 heterocycles. The van der Waals surface area contributed by atoms with Gasteiger partial charge in [0.1, 0.15) is 6.04 Å². The van der Waals surface area contributed by atoms with Crippen molar-refractivity contribution in [1.82, 2.24) is 10.2 Å². The molecule has 1 fully saturated rings. The highest BCUT2D eigenvalue weighted by atomic mass is 35.5. The van der Waals surface area contributed by atoms with Gasteiger partial charge in [0.15, 0.2) is 18.2 Å². The second-order valence-electron chi connectivity index (χ2n) is 7.61. The van der Waals surface area contributed by atoms with Crippen molar-refractivity contribution in [2.24, 2.45) is 0 Å². The number of halogens is 3. The number of carbonyl (C=O) groups is 2. The Morgan fingerprint density at radius 1 is 1.13 bits per heavy atom. The normalized spacial score (nSPS) is 14.8. The molecule has 2 amide bonds. The summed E-state index contributed by atoms with van der Waals surface area (Å²) in [6.45, 7) is 1.25. The molecule has 166 valence electrons. The van der Waals surface area contributed by atoms with Crippen molar-refractivity contribution in [2.45, 2.75) is 51.2 Å². The number of nitrogens with one attached hydrogen (secondary N) is 1. The molecule has 1 aliphatic carbocycles. The van der Waals surface area contributed by atoms with Crippen molar-refractivity contribution >= 4 is 35.0 Å². The highest BCUT2D eigenvalue weighted by molar-refractivity contribution is 6.36. The minimum atomic E-state index is -0.787. The lowest BCUT2D eigenvalue weighted by atomic mass is 10.1. The fourth-order valence-corrected chi connectivity index (χ4v) is 4.13. The Morgan fingerprint density at radius 2 is 1.77 bits per heavy atom. The van der Waals surface area contributed by atoms with Crippen molar-refractivity contribution < 1.29 is 18.7 Å². The zero-order valence-corrected chi connectivity index (χ0v) is 18.8. The first-order chi connectivity index (χ1) is 14.9. The molecule has 0 bridgehead atoms. The zero-order chi connectivity index (χ0) is 22.4. The van der Waals surface area contributed by atoms with Crippen LogP contribution in [0.3, 0.4) is 0 Å². The van der Waals surface area contributed by atoms with E-state index in [0.29, 0.717) is 15.6 Å². The molecule has 8 heteroatoms. The highest BCUT2D eigenvalue weighted by Crippen LogP contribution is 2.27. The van der Waals surface area contributed by atoms with Crippen LogP contribution < -0.4 is 10.1 Å². The summed E-state index contributed by atoms with van der Waals surface area (Å²) < 4.78 is 19.2. The van der Waals surface area contributed by atoms with Crippen LogP contribution in [0.15, 0.2) is 42.5 Å². The Hall–Kier alpha value is -2.31. The van der Waals surface area contributed by atoms with E-state index in [1.165, 1.54) is 23.1 Å². The van der Waals surface area contributed by atoms with Crippen LogP contribution in [0, 0.1) is 5.82 Å². The van der Waals surface area contributed by atoms with E-state index in [1.54, 1.807) is 31.2 Å². The third-order valence-corrected chi connectivity index (χ3v) is 6.16. The van der Waals surface area contributed by atoms with E-state index in [1.807, 2.05) is 0 Å². The molecule has 3 rings (SSSR count). The van der Waals surface area contributed by atoms with Gasteiger partial charge in [0.05, 0.1) is 0 Å². The van der Waals surface area contributed by atoms with Crippen LogP contribution in [0.2, 0.25) is 10.0 Å². The Bertz CT molecular complexity index is 915. The molecule has 0 aromatic heterocycles. The molecule has 0 radical (unpaired) electrons. The van der Waals surface area contributed by atoms with Crippen LogP contribution in [-0.2, 0) is 16.1 Å². The summed E-state index contributed by atoms with van der Waals surface area (Å²) in [7, 11) is 0. The Kier molecular flexibility index (Phi) is 8.15. The summed E-state index contributed by atoms with van der Waals surface area (Å²) in [4.78, 5) is 27.3. The van der Waals surface area contributed by atoms with Crippen LogP contribution in [0.5, 0.6) is 5.75 Å². The molecule has 5 nitrogen and oxygen atoms in total. The third kappa shape index (κ3) is 6.11. The summed E-state index contributed by atoms with van der Waals surface area (Å²) in [5.74, 6) is -1.33. The Morgan fingerprint density at radius 3 is 2.42 bits per heavy atom.